The highest BCUT2D eigenvalue weighted by atomic mass is 79.9. The molecule has 0 heterocycles. The smallest absolute Gasteiger partial charge is 0.189 e. The summed E-state index contributed by atoms with van der Waals surface area (Å²) >= 11 is 3.29. The molecule has 0 aliphatic heterocycles. The monoisotopic (exact) mass is 358 g/mol. The van der Waals surface area contributed by atoms with E-state index in [0.29, 0.717) is 10.9 Å². The largest absolute Gasteiger partial charge is 0.507 e. The molecule has 0 saturated carbocycles. The van der Waals surface area contributed by atoms with Crippen LogP contribution in [0.25, 0.3) is 6.08 Å². The van der Waals surface area contributed by atoms with Crippen molar-refractivity contribution in [2.45, 2.75) is 12.8 Å². The molecule has 1 aliphatic carbocycles. The third-order valence-electron chi connectivity index (χ3n) is 3.82. The molecule has 22 heavy (non-hydrogen) atoms. The van der Waals surface area contributed by atoms with Crippen molar-refractivity contribution >= 4 is 27.8 Å². The van der Waals surface area contributed by atoms with Crippen LogP contribution >= 0.6 is 15.9 Å². The Morgan fingerprint density at radius 3 is 2.73 bits per heavy atom. The third kappa shape index (κ3) is 2.79. The van der Waals surface area contributed by atoms with Crippen LogP contribution in [0.3, 0.4) is 0 Å². The van der Waals surface area contributed by atoms with E-state index in [9.17, 15) is 9.90 Å². The molecule has 0 amide bonds. The van der Waals surface area contributed by atoms with E-state index in [1.165, 1.54) is 0 Å². The van der Waals surface area contributed by atoms with Crippen LogP contribution < -0.4 is 4.74 Å². The normalized spacial score (nSPS) is 15.7. The topological polar surface area (TPSA) is 46.5 Å². The maximum absolute atomic E-state index is 12.6. The number of methoxy groups -OCH3 is 1. The number of aryl methyl sites for hydroxylation is 1. The van der Waals surface area contributed by atoms with Gasteiger partial charge in [-0.1, -0.05) is 6.07 Å². The summed E-state index contributed by atoms with van der Waals surface area (Å²) < 4.78 is 5.83. The highest BCUT2D eigenvalue weighted by Gasteiger charge is 2.22. The van der Waals surface area contributed by atoms with Crippen molar-refractivity contribution in [1.82, 2.24) is 0 Å². The lowest BCUT2D eigenvalue weighted by Gasteiger charge is -2.18. The van der Waals surface area contributed by atoms with E-state index in [-0.39, 0.29) is 11.5 Å². The minimum atomic E-state index is 0.0631. The van der Waals surface area contributed by atoms with Gasteiger partial charge in [-0.2, -0.15) is 0 Å². The number of phenols is 1. The van der Waals surface area contributed by atoms with Crippen molar-refractivity contribution in [1.29, 1.82) is 0 Å². The molecule has 1 aliphatic rings. The van der Waals surface area contributed by atoms with Crippen molar-refractivity contribution in [3.05, 3.63) is 63.1 Å². The molecule has 1 N–H and O–H groups in total. The number of hydrogen-bond acceptors (Lipinski definition) is 3. The number of aromatic hydroxyl groups is 1. The molecule has 0 saturated heterocycles. The standard InChI is InChI=1S/C18H15BrO3/c1-22-14-5-6-15-12(10-14)3-4-13(18(15)21)8-11-2-7-17(20)16(19)9-11/h2,5-10,20H,3-4H2,1H3/b13-8-. The quantitative estimate of drug-likeness (QED) is 0.810. The minimum absolute atomic E-state index is 0.0631. The van der Waals surface area contributed by atoms with Gasteiger partial charge in [-0.15, -0.1) is 0 Å². The van der Waals surface area contributed by atoms with Gasteiger partial charge in [-0.05, 0) is 76.3 Å². The lowest BCUT2D eigenvalue weighted by Crippen LogP contribution is -2.14. The Balaban J connectivity index is 1.95. The zero-order chi connectivity index (χ0) is 15.7. The second-order valence-electron chi connectivity index (χ2n) is 5.23. The summed E-state index contributed by atoms with van der Waals surface area (Å²) in [6, 6.07) is 10.8. The average molecular weight is 359 g/mol. The number of fused-ring (bicyclic) bond motifs is 1. The molecule has 112 valence electrons. The van der Waals surface area contributed by atoms with Gasteiger partial charge in [0.05, 0.1) is 11.6 Å². The molecule has 0 bridgehead atoms. The fourth-order valence-corrected chi connectivity index (χ4v) is 3.03. The predicted octanol–water partition coefficient (Wildman–Crippen LogP) is 4.38. The molecule has 4 heteroatoms. The van der Waals surface area contributed by atoms with Gasteiger partial charge in [0.1, 0.15) is 11.5 Å². The molecular weight excluding hydrogens is 344 g/mol. The number of Topliss-reactive ketones (excluding diaryl/α,β-unsaturated/α-hetero) is 1. The second kappa shape index (κ2) is 5.97. The van der Waals surface area contributed by atoms with E-state index in [0.717, 1.165) is 34.4 Å². The molecule has 0 fully saturated rings. The molecule has 3 nitrogen and oxygen atoms in total. The Bertz CT molecular complexity index is 778. The van der Waals surface area contributed by atoms with Gasteiger partial charge in [-0.25, -0.2) is 0 Å². The van der Waals surface area contributed by atoms with Crippen LogP contribution in [-0.2, 0) is 6.42 Å². The van der Waals surface area contributed by atoms with Gasteiger partial charge in [0.2, 0.25) is 0 Å². The first kappa shape index (κ1) is 14.9. The van der Waals surface area contributed by atoms with E-state index in [1.807, 2.05) is 24.3 Å². The number of hydrogen-bond donors (Lipinski definition) is 1. The van der Waals surface area contributed by atoms with Gasteiger partial charge >= 0.3 is 0 Å². The van der Waals surface area contributed by atoms with Gasteiger partial charge in [0, 0.05) is 11.1 Å². The molecule has 0 aromatic heterocycles. The first-order valence-electron chi connectivity index (χ1n) is 6.99. The zero-order valence-electron chi connectivity index (χ0n) is 12.1. The van der Waals surface area contributed by atoms with Gasteiger partial charge in [-0.3, -0.25) is 4.79 Å². The summed E-state index contributed by atoms with van der Waals surface area (Å²) in [5.41, 5.74) is 3.46. The first-order chi connectivity index (χ1) is 10.6. The van der Waals surface area contributed by atoms with Crippen molar-refractivity contribution in [3.8, 4) is 11.5 Å². The first-order valence-corrected chi connectivity index (χ1v) is 7.78. The number of rotatable bonds is 2. The Morgan fingerprint density at radius 2 is 2.00 bits per heavy atom. The maximum atomic E-state index is 12.6. The number of halogens is 1. The molecular formula is C18H15BrO3. The average Bonchev–Trinajstić information content (AvgIpc) is 2.53. The summed E-state index contributed by atoms with van der Waals surface area (Å²) in [6.45, 7) is 0. The SMILES string of the molecule is COc1ccc2c(c1)CC/C(=C/c1ccc(O)c(Br)c1)C2=O. The van der Waals surface area contributed by atoms with E-state index >= 15 is 0 Å². The number of allylic oxidation sites excluding steroid dienone is 1. The highest BCUT2D eigenvalue weighted by molar-refractivity contribution is 9.10. The highest BCUT2D eigenvalue weighted by Crippen LogP contribution is 2.31. The fraction of sp³-hybridized carbons (Fsp3) is 0.167. The predicted molar refractivity (Wildman–Crippen MR) is 89.4 cm³/mol. The van der Waals surface area contributed by atoms with Gasteiger partial charge < -0.3 is 9.84 Å². The Labute approximate surface area is 137 Å². The van der Waals surface area contributed by atoms with Crippen LogP contribution in [0.2, 0.25) is 0 Å². The van der Waals surface area contributed by atoms with E-state index in [2.05, 4.69) is 15.9 Å². The van der Waals surface area contributed by atoms with Gasteiger partial charge in [0.15, 0.2) is 5.78 Å². The summed E-state index contributed by atoms with van der Waals surface area (Å²) in [7, 11) is 1.63. The number of carbonyl (C=O) groups is 1. The number of ether oxygens (including phenoxy) is 1. The van der Waals surface area contributed by atoms with Crippen molar-refractivity contribution < 1.29 is 14.6 Å². The van der Waals surface area contributed by atoms with Crippen LogP contribution in [-0.4, -0.2) is 18.0 Å². The third-order valence-corrected chi connectivity index (χ3v) is 4.46. The Hall–Kier alpha value is -2.07. The molecule has 2 aromatic carbocycles. The van der Waals surface area contributed by atoms with E-state index < -0.39 is 0 Å². The molecule has 0 unspecified atom stereocenters. The summed E-state index contributed by atoms with van der Waals surface area (Å²) in [5, 5.41) is 9.53. The molecule has 2 aromatic rings. The number of phenolic OH excluding ortho intramolecular Hbond substituents is 1. The summed E-state index contributed by atoms with van der Waals surface area (Å²) in [6.07, 6.45) is 3.42. The lowest BCUT2D eigenvalue weighted by atomic mass is 9.86. The van der Waals surface area contributed by atoms with E-state index in [4.69, 9.17) is 4.74 Å². The fourth-order valence-electron chi connectivity index (χ4n) is 2.63. The van der Waals surface area contributed by atoms with Crippen LogP contribution in [0, 0.1) is 0 Å². The molecule has 3 rings (SSSR count). The Kier molecular flexibility index (Phi) is 4.03. The second-order valence-corrected chi connectivity index (χ2v) is 6.09. The molecule has 0 atom stereocenters. The van der Waals surface area contributed by atoms with Crippen LogP contribution in [0.1, 0.15) is 27.9 Å². The summed E-state index contributed by atoms with van der Waals surface area (Å²) in [4.78, 5) is 12.6. The van der Waals surface area contributed by atoms with Crippen molar-refractivity contribution in [2.75, 3.05) is 7.11 Å². The van der Waals surface area contributed by atoms with E-state index in [1.54, 1.807) is 25.3 Å². The number of benzene rings is 2. The lowest BCUT2D eigenvalue weighted by molar-refractivity contribution is 0.102. The number of carbonyl (C=O) groups excluding carboxylic acids is 1. The Morgan fingerprint density at radius 1 is 1.18 bits per heavy atom. The van der Waals surface area contributed by atoms with Gasteiger partial charge in [0.25, 0.3) is 0 Å². The van der Waals surface area contributed by atoms with Crippen LogP contribution in [0.5, 0.6) is 11.5 Å². The minimum Gasteiger partial charge on any atom is -0.507 e. The molecule has 0 spiro atoms. The van der Waals surface area contributed by atoms with Crippen LogP contribution in [0.4, 0.5) is 0 Å². The number of ketones is 1. The van der Waals surface area contributed by atoms with Crippen molar-refractivity contribution in [3.63, 3.8) is 0 Å². The summed E-state index contributed by atoms with van der Waals surface area (Å²) in [5.74, 6) is 1.03. The van der Waals surface area contributed by atoms with Crippen molar-refractivity contribution in [2.24, 2.45) is 0 Å². The molecule has 0 radical (unpaired) electrons. The zero-order valence-corrected chi connectivity index (χ0v) is 13.7. The van der Waals surface area contributed by atoms with Crippen LogP contribution in [0.15, 0.2) is 46.4 Å². The maximum Gasteiger partial charge on any atom is 0.189 e.